The zero-order valence-corrected chi connectivity index (χ0v) is 13.4. The van der Waals surface area contributed by atoms with Gasteiger partial charge in [0.1, 0.15) is 0 Å². The van der Waals surface area contributed by atoms with Crippen molar-refractivity contribution in [2.45, 2.75) is 39.0 Å². The maximum absolute atomic E-state index is 12.1. The number of hydrogen-bond acceptors (Lipinski definition) is 4. The molecule has 0 saturated heterocycles. The van der Waals surface area contributed by atoms with Gasteiger partial charge in [-0.1, -0.05) is 31.5 Å². The maximum Gasteiger partial charge on any atom is 0.304 e. The maximum atomic E-state index is 12.1. The van der Waals surface area contributed by atoms with Crippen molar-refractivity contribution in [2.75, 3.05) is 0 Å². The Bertz CT molecular complexity index is 646. The normalized spacial score (nSPS) is 13.0. The van der Waals surface area contributed by atoms with Gasteiger partial charge in [0, 0.05) is 11.1 Å². The topological polar surface area (TPSA) is 95.8 Å². The lowest BCUT2D eigenvalue weighted by atomic mass is 9.85. The van der Waals surface area contributed by atoms with Gasteiger partial charge in [-0.15, -0.1) is 0 Å². The van der Waals surface area contributed by atoms with E-state index in [1.807, 2.05) is 6.92 Å². The quantitative estimate of drug-likeness (QED) is 0.621. The Labute approximate surface area is 124 Å². The first-order valence-electron chi connectivity index (χ1n) is 6.40. The number of carboxylic acid groups (broad SMARTS) is 1. The van der Waals surface area contributed by atoms with Crippen LogP contribution >= 0.6 is 0 Å². The second-order valence-electron chi connectivity index (χ2n) is 5.56. The molecule has 0 aromatic heterocycles. The molecule has 0 bridgehead atoms. The molecule has 0 aliphatic rings. The summed E-state index contributed by atoms with van der Waals surface area (Å²) >= 11 is 0. The molecular weight excluding hydrogens is 292 g/mol. The molecule has 116 valence electrons. The van der Waals surface area contributed by atoms with Crippen LogP contribution in [0.1, 0.15) is 32.8 Å². The monoisotopic (exact) mass is 312 g/mol. The second kappa shape index (κ2) is 6.26. The van der Waals surface area contributed by atoms with Crippen LogP contribution < -0.4 is 4.83 Å². The van der Waals surface area contributed by atoms with E-state index in [1.54, 1.807) is 32.9 Å². The number of sulfonamides is 1. The van der Waals surface area contributed by atoms with Gasteiger partial charge >= 0.3 is 5.97 Å². The molecule has 6 nitrogen and oxygen atoms in total. The van der Waals surface area contributed by atoms with Gasteiger partial charge < -0.3 is 5.11 Å². The standard InChI is InChI=1S/C14H20N2O4S/c1-10-5-7-12(8-6-10)21(19,20)16-15-11(2)14(3,4)9-13(17)18/h5-8,16H,9H2,1-4H3,(H,17,18). The van der Waals surface area contributed by atoms with E-state index in [0.29, 0.717) is 5.71 Å². The Balaban J connectivity index is 2.92. The zero-order valence-electron chi connectivity index (χ0n) is 12.5. The molecule has 0 amide bonds. The minimum absolute atomic E-state index is 0.112. The van der Waals surface area contributed by atoms with Gasteiger partial charge in [-0.05, 0) is 26.0 Å². The lowest BCUT2D eigenvalue weighted by Crippen LogP contribution is -2.29. The van der Waals surface area contributed by atoms with Gasteiger partial charge in [0.15, 0.2) is 0 Å². The largest absolute Gasteiger partial charge is 0.481 e. The van der Waals surface area contributed by atoms with E-state index >= 15 is 0 Å². The number of hydrogen-bond donors (Lipinski definition) is 2. The van der Waals surface area contributed by atoms with Gasteiger partial charge in [-0.25, -0.2) is 4.83 Å². The van der Waals surface area contributed by atoms with Crippen LogP contribution in [0, 0.1) is 12.3 Å². The van der Waals surface area contributed by atoms with E-state index in [4.69, 9.17) is 5.11 Å². The van der Waals surface area contributed by atoms with E-state index in [0.717, 1.165) is 5.56 Å². The van der Waals surface area contributed by atoms with Crippen molar-refractivity contribution in [3.05, 3.63) is 29.8 Å². The minimum atomic E-state index is -3.75. The average Bonchev–Trinajstić information content (AvgIpc) is 2.35. The molecule has 0 aliphatic heterocycles. The van der Waals surface area contributed by atoms with Crippen LogP contribution in [0.15, 0.2) is 34.3 Å². The van der Waals surface area contributed by atoms with Crippen molar-refractivity contribution in [3.63, 3.8) is 0 Å². The fourth-order valence-electron chi connectivity index (χ4n) is 1.56. The minimum Gasteiger partial charge on any atom is -0.481 e. The number of rotatable bonds is 6. The molecule has 0 atom stereocenters. The van der Waals surface area contributed by atoms with E-state index in [2.05, 4.69) is 9.93 Å². The fraction of sp³-hybridized carbons (Fsp3) is 0.429. The number of aryl methyl sites for hydroxylation is 1. The van der Waals surface area contributed by atoms with Gasteiger partial charge in [0.05, 0.1) is 11.3 Å². The fourth-order valence-corrected chi connectivity index (χ4v) is 2.41. The highest BCUT2D eigenvalue weighted by Gasteiger charge is 2.26. The van der Waals surface area contributed by atoms with E-state index < -0.39 is 21.4 Å². The number of carboxylic acids is 1. The molecule has 0 saturated carbocycles. The SMILES string of the molecule is CC(=NNS(=O)(=O)c1ccc(C)cc1)C(C)(C)CC(=O)O. The van der Waals surface area contributed by atoms with Gasteiger partial charge in [0.25, 0.3) is 10.0 Å². The highest BCUT2D eigenvalue weighted by molar-refractivity contribution is 7.89. The Morgan fingerprint density at radius 1 is 1.29 bits per heavy atom. The molecule has 0 unspecified atom stereocenters. The molecule has 1 aromatic carbocycles. The predicted octanol–water partition coefficient (Wildman–Crippen LogP) is 2.15. The molecule has 0 heterocycles. The zero-order chi connectivity index (χ0) is 16.3. The highest BCUT2D eigenvalue weighted by Crippen LogP contribution is 2.22. The summed E-state index contributed by atoms with van der Waals surface area (Å²) in [6.07, 6.45) is -0.130. The Morgan fingerprint density at radius 2 is 1.81 bits per heavy atom. The van der Waals surface area contributed by atoms with Gasteiger partial charge in [-0.3, -0.25) is 4.79 Å². The molecule has 0 fully saturated rings. The predicted molar refractivity (Wildman–Crippen MR) is 80.6 cm³/mol. The Hall–Kier alpha value is -1.89. The van der Waals surface area contributed by atoms with Gasteiger partial charge in [-0.2, -0.15) is 13.5 Å². The van der Waals surface area contributed by atoms with Crippen molar-refractivity contribution < 1.29 is 18.3 Å². The number of hydrazone groups is 1. The van der Waals surface area contributed by atoms with Crippen LogP contribution in [0.2, 0.25) is 0 Å². The van der Waals surface area contributed by atoms with Crippen LogP contribution in [-0.2, 0) is 14.8 Å². The summed E-state index contributed by atoms with van der Waals surface area (Å²) in [7, 11) is -3.75. The van der Waals surface area contributed by atoms with Crippen LogP contribution in [0.4, 0.5) is 0 Å². The average molecular weight is 312 g/mol. The second-order valence-corrected chi connectivity index (χ2v) is 7.22. The highest BCUT2D eigenvalue weighted by atomic mass is 32.2. The van der Waals surface area contributed by atoms with Crippen molar-refractivity contribution in [1.82, 2.24) is 4.83 Å². The third kappa shape index (κ3) is 4.86. The third-order valence-corrected chi connectivity index (χ3v) is 4.46. The van der Waals surface area contributed by atoms with Crippen molar-refractivity contribution >= 4 is 21.7 Å². The van der Waals surface area contributed by atoms with Crippen molar-refractivity contribution in [1.29, 1.82) is 0 Å². The van der Waals surface area contributed by atoms with Crippen LogP contribution in [0.3, 0.4) is 0 Å². The number of benzene rings is 1. The third-order valence-electron chi connectivity index (χ3n) is 3.24. The summed E-state index contributed by atoms with van der Waals surface area (Å²) in [5.74, 6) is -0.962. The molecule has 7 heteroatoms. The summed E-state index contributed by atoms with van der Waals surface area (Å²) in [4.78, 5) is 13.0. The van der Waals surface area contributed by atoms with Crippen LogP contribution in [-0.4, -0.2) is 25.2 Å². The van der Waals surface area contributed by atoms with Crippen LogP contribution in [0.5, 0.6) is 0 Å². The number of nitrogens with one attached hydrogen (secondary N) is 1. The summed E-state index contributed by atoms with van der Waals surface area (Å²) in [5.41, 5.74) is 0.624. The molecule has 1 aromatic rings. The first-order valence-corrected chi connectivity index (χ1v) is 7.88. The molecular formula is C14H20N2O4S. The summed E-state index contributed by atoms with van der Waals surface area (Å²) in [6, 6.07) is 6.37. The van der Waals surface area contributed by atoms with Crippen LogP contribution in [0.25, 0.3) is 0 Å². The van der Waals surface area contributed by atoms with Gasteiger partial charge in [0.2, 0.25) is 0 Å². The number of aliphatic carboxylic acids is 1. The lowest BCUT2D eigenvalue weighted by Gasteiger charge is -2.22. The summed E-state index contributed by atoms with van der Waals surface area (Å²) in [5, 5.41) is 12.7. The van der Waals surface area contributed by atoms with E-state index in [9.17, 15) is 13.2 Å². The number of carbonyl (C=O) groups is 1. The molecule has 0 spiro atoms. The molecule has 0 aliphatic carbocycles. The van der Waals surface area contributed by atoms with E-state index in [-0.39, 0.29) is 11.3 Å². The Morgan fingerprint density at radius 3 is 2.29 bits per heavy atom. The smallest absolute Gasteiger partial charge is 0.304 e. The summed E-state index contributed by atoms with van der Waals surface area (Å²) < 4.78 is 24.1. The molecule has 1 rings (SSSR count). The molecule has 0 radical (unpaired) electrons. The molecule has 2 N–H and O–H groups in total. The Kier molecular flexibility index (Phi) is 5.11. The first kappa shape index (κ1) is 17.2. The first-order chi connectivity index (χ1) is 9.54. The molecule has 21 heavy (non-hydrogen) atoms. The number of nitrogens with zero attached hydrogens (tertiary/aromatic N) is 1. The van der Waals surface area contributed by atoms with E-state index in [1.165, 1.54) is 12.1 Å². The van der Waals surface area contributed by atoms with Crippen molar-refractivity contribution in [2.24, 2.45) is 10.5 Å². The van der Waals surface area contributed by atoms with Crippen molar-refractivity contribution in [3.8, 4) is 0 Å². The lowest BCUT2D eigenvalue weighted by molar-refractivity contribution is -0.138. The summed E-state index contributed by atoms with van der Waals surface area (Å²) in [6.45, 7) is 6.85.